The molecule has 1 aromatic rings. The summed E-state index contributed by atoms with van der Waals surface area (Å²) in [6, 6.07) is 2.94. The van der Waals surface area contributed by atoms with Crippen LogP contribution in [0.3, 0.4) is 0 Å². The minimum atomic E-state index is -4.58. The molecule has 0 aromatic heterocycles. The third-order valence-electron chi connectivity index (χ3n) is 3.72. The second-order valence-electron chi connectivity index (χ2n) is 5.50. The number of amides is 1. The number of halogens is 3. The molecule has 1 aliphatic heterocycles. The van der Waals surface area contributed by atoms with E-state index in [2.05, 4.69) is 5.32 Å². The molecule has 0 radical (unpaired) electrons. The minimum absolute atomic E-state index is 0.0971. The van der Waals surface area contributed by atoms with Crippen molar-refractivity contribution >= 4 is 17.6 Å². The molecule has 9 heteroatoms. The van der Waals surface area contributed by atoms with Gasteiger partial charge in [0.2, 0.25) is 0 Å². The number of carboxylic acid groups (broad SMARTS) is 1. The lowest BCUT2D eigenvalue weighted by Crippen LogP contribution is -2.30. The van der Waals surface area contributed by atoms with Crippen molar-refractivity contribution in [3.8, 4) is 5.75 Å². The zero-order valence-corrected chi connectivity index (χ0v) is 12.9. The van der Waals surface area contributed by atoms with Crippen LogP contribution in [0, 0.1) is 5.92 Å². The molecule has 2 N–H and O–H groups in total. The van der Waals surface area contributed by atoms with E-state index in [0.717, 1.165) is 25.3 Å². The highest BCUT2D eigenvalue weighted by molar-refractivity contribution is 5.95. The van der Waals surface area contributed by atoms with Crippen molar-refractivity contribution in [2.24, 2.45) is 5.92 Å². The molecule has 6 nitrogen and oxygen atoms in total. The lowest BCUT2D eigenvalue weighted by Gasteiger charge is -2.15. The first kappa shape index (κ1) is 18.1. The molecule has 1 saturated heterocycles. The number of carbonyl (C=O) groups excluding carboxylic acids is 1. The predicted molar refractivity (Wildman–Crippen MR) is 76.7 cm³/mol. The Morgan fingerprint density at radius 1 is 1.38 bits per heavy atom. The lowest BCUT2D eigenvalue weighted by atomic mass is 10.0. The van der Waals surface area contributed by atoms with Crippen molar-refractivity contribution < 1.29 is 37.3 Å². The normalized spacial score (nSPS) is 23.8. The van der Waals surface area contributed by atoms with Crippen molar-refractivity contribution in [2.75, 3.05) is 12.4 Å². The zero-order valence-electron chi connectivity index (χ0n) is 12.9. The van der Waals surface area contributed by atoms with Crippen LogP contribution in [0.5, 0.6) is 5.75 Å². The van der Waals surface area contributed by atoms with E-state index in [9.17, 15) is 22.8 Å². The summed E-state index contributed by atoms with van der Waals surface area (Å²) >= 11 is 0. The average Bonchev–Trinajstić information content (AvgIpc) is 2.88. The molecule has 0 saturated carbocycles. The number of alkyl halides is 3. The van der Waals surface area contributed by atoms with Gasteiger partial charge in [0, 0.05) is 11.8 Å². The number of aliphatic carboxylic acids is 1. The summed E-state index contributed by atoms with van der Waals surface area (Å²) in [6.45, 7) is 1.65. The van der Waals surface area contributed by atoms with Crippen molar-refractivity contribution in [3.05, 3.63) is 23.8 Å². The van der Waals surface area contributed by atoms with E-state index in [0.29, 0.717) is 0 Å². The number of nitrogens with one attached hydrogen (secondary N) is 1. The van der Waals surface area contributed by atoms with Crippen LogP contribution < -0.4 is 10.1 Å². The monoisotopic (exact) mass is 347 g/mol. The van der Waals surface area contributed by atoms with E-state index in [-0.39, 0.29) is 18.0 Å². The third-order valence-corrected chi connectivity index (χ3v) is 3.72. The van der Waals surface area contributed by atoms with Gasteiger partial charge >= 0.3 is 12.1 Å². The highest BCUT2D eigenvalue weighted by atomic mass is 19.4. The molecular formula is C15H16F3NO5. The van der Waals surface area contributed by atoms with Crippen LogP contribution in [-0.4, -0.2) is 36.3 Å². The Balaban J connectivity index is 2.11. The van der Waals surface area contributed by atoms with Crippen LogP contribution >= 0.6 is 0 Å². The first-order chi connectivity index (χ1) is 11.1. The summed E-state index contributed by atoms with van der Waals surface area (Å²) in [5.41, 5.74) is -0.862. The smallest absolute Gasteiger partial charge is 0.419 e. The van der Waals surface area contributed by atoms with Gasteiger partial charge in [-0.2, -0.15) is 13.2 Å². The maximum Gasteiger partial charge on any atom is 0.419 e. The topological polar surface area (TPSA) is 84.9 Å². The molecule has 2 rings (SSSR count). The third kappa shape index (κ3) is 3.78. The summed E-state index contributed by atoms with van der Waals surface area (Å²) in [5, 5.41) is 11.4. The molecule has 1 aromatic carbocycles. The van der Waals surface area contributed by atoms with Gasteiger partial charge in [-0.3, -0.25) is 4.79 Å². The molecule has 24 heavy (non-hydrogen) atoms. The molecule has 1 amide bonds. The molecule has 0 spiro atoms. The highest BCUT2D eigenvalue weighted by Crippen LogP contribution is 2.37. The van der Waals surface area contributed by atoms with Crippen LogP contribution in [0.25, 0.3) is 0 Å². The number of benzene rings is 1. The van der Waals surface area contributed by atoms with Gasteiger partial charge in [-0.1, -0.05) is 6.92 Å². The highest BCUT2D eigenvalue weighted by Gasteiger charge is 2.40. The first-order valence-corrected chi connectivity index (χ1v) is 7.08. The van der Waals surface area contributed by atoms with E-state index in [1.807, 2.05) is 0 Å². The van der Waals surface area contributed by atoms with E-state index in [4.69, 9.17) is 14.6 Å². The lowest BCUT2D eigenvalue weighted by molar-refractivity contribution is -0.152. The van der Waals surface area contributed by atoms with Gasteiger partial charge in [-0.05, 0) is 24.5 Å². The Labute approximate surface area is 135 Å². The minimum Gasteiger partial charge on any atom is -0.496 e. The summed E-state index contributed by atoms with van der Waals surface area (Å²) in [4.78, 5) is 23.1. The molecule has 0 unspecified atom stereocenters. The van der Waals surface area contributed by atoms with Gasteiger partial charge < -0.3 is 19.9 Å². The molecule has 1 heterocycles. The van der Waals surface area contributed by atoms with Crippen molar-refractivity contribution in [1.29, 1.82) is 0 Å². The van der Waals surface area contributed by atoms with Crippen molar-refractivity contribution in [2.45, 2.75) is 31.7 Å². The van der Waals surface area contributed by atoms with Crippen LogP contribution in [0.4, 0.5) is 18.9 Å². The fourth-order valence-corrected chi connectivity index (χ4v) is 2.52. The maximum absolute atomic E-state index is 12.8. The number of hydrogen-bond acceptors (Lipinski definition) is 4. The van der Waals surface area contributed by atoms with Crippen LogP contribution in [0.2, 0.25) is 0 Å². The number of ether oxygens (including phenoxy) is 2. The van der Waals surface area contributed by atoms with Crippen LogP contribution in [0.15, 0.2) is 18.2 Å². The standard InChI is InChI=1S/C15H16F3NO5/c1-7-5-11(24-12(7)14(21)22)13(20)19-8-3-4-9(15(16,17)18)10(6-8)23-2/h3-4,6-7,11-12H,5H2,1-2H3,(H,19,20)(H,21,22)/t7-,11-,12-/m0/s1. The number of methoxy groups -OCH3 is 1. The molecule has 0 aliphatic carbocycles. The number of carbonyl (C=O) groups is 2. The van der Waals surface area contributed by atoms with Gasteiger partial charge in [0.25, 0.3) is 5.91 Å². The molecule has 132 valence electrons. The Morgan fingerprint density at radius 2 is 2.04 bits per heavy atom. The molecule has 1 fully saturated rings. The number of rotatable bonds is 4. The van der Waals surface area contributed by atoms with Gasteiger partial charge in [0.1, 0.15) is 11.9 Å². The van der Waals surface area contributed by atoms with Gasteiger partial charge in [-0.15, -0.1) is 0 Å². The second kappa shape index (κ2) is 6.68. The van der Waals surface area contributed by atoms with Gasteiger partial charge in [0.05, 0.1) is 12.7 Å². The Bertz CT molecular complexity index is 646. The molecular weight excluding hydrogens is 331 g/mol. The largest absolute Gasteiger partial charge is 0.496 e. The fraction of sp³-hybridized carbons (Fsp3) is 0.467. The van der Waals surface area contributed by atoms with E-state index in [1.165, 1.54) is 0 Å². The fourth-order valence-electron chi connectivity index (χ4n) is 2.52. The van der Waals surface area contributed by atoms with E-state index < -0.39 is 41.6 Å². The quantitative estimate of drug-likeness (QED) is 0.874. The maximum atomic E-state index is 12.8. The van der Waals surface area contributed by atoms with Crippen molar-refractivity contribution in [3.63, 3.8) is 0 Å². The summed E-state index contributed by atoms with van der Waals surface area (Å²) in [7, 11) is 1.09. The Kier molecular flexibility index (Phi) is 5.02. The summed E-state index contributed by atoms with van der Waals surface area (Å²) in [6.07, 6.45) is -6.43. The predicted octanol–water partition coefficient (Wildman–Crippen LogP) is 2.53. The second-order valence-corrected chi connectivity index (χ2v) is 5.50. The van der Waals surface area contributed by atoms with Gasteiger partial charge in [0.15, 0.2) is 6.10 Å². The summed E-state index contributed by atoms with van der Waals surface area (Å²) in [5.74, 6) is -2.55. The number of anilines is 1. The molecule has 3 atom stereocenters. The van der Waals surface area contributed by atoms with E-state index >= 15 is 0 Å². The number of carboxylic acids is 1. The van der Waals surface area contributed by atoms with E-state index in [1.54, 1.807) is 6.92 Å². The molecule has 1 aliphatic rings. The average molecular weight is 347 g/mol. The van der Waals surface area contributed by atoms with Crippen molar-refractivity contribution in [1.82, 2.24) is 0 Å². The Morgan fingerprint density at radius 3 is 2.54 bits per heavy atom. The zero-order chi connectivity index (χ0) is 18.1. The molecule has 0 bridgehead atoms. The number of hydrogen-bond donors (Lipinski definition) is 2. The van der Waals surface area contributed by atoms with Crippen LogP contribution in [0.1, 0.15) is 18.9 Å². The summed E-state index contributed by atoms with van der Waals surface area (Å²) < 4.78 is 48.3. The first-order valence-electron chi connectivity index (χ1n) is 7.08. The van der Waals surface area contributed by atoms with Crippen LogP contribution in [-0.2, 0) is 20.5 Å². The SMILES string of the molecule is COc1cc(NC(=O)[C@@H]2C[C@H](C)[C@@H](C(=O)O)O2)ccc1C(F)(F)F. The Hall–Kier alpha value is -2.29. The van der Waals surface area contributed by atoms with Gasteiger partial charge in [-0.25, -0.2) is 4.79 Å².